The van der Waals surface area contributed by atoms with E-state index in [2.05, 4.69) is 4.98 Å². The van der Waals surface area contributed by atoms with Crippen molar-refractivity contribution in [2.24, 2.45) is 11.1 Å². The summed E-state index contributed by atoms with van der Waals surface area (Å²) in [4.78, 5) is 3.94. The maximum absolute atomic E-state index is 7.30. The van der Waals surface area contributed by atoms with Gasteiger partial charge >= 0.3 is 0 Å². The van der Waals surface area contributed by atoms with E-state index in [1.54, 1.807) is 18.5 Å². The first-order valence-electron chi connectivity index (χ1n) is 5.16. The van der Waals surface area contributed by atoms with Crippen LogP contribution in [0.1, 0.15) is 19.3 Å². The lowest BCUT2D eigenvalue weighted by molar-refractivity contribution is 0.237. The Hall–Kier alpha value is -1.29. The Morgan fingerprint density at radius 2 is 2.31 bits per heavy atom. The highest BCUT2D eigenvalue weighted by atomic mass is 35.5. The van der Waals surface area contributed by atoms with Gasteiger partial charge in [-0.3, -0.25) is 10.4 Å². The van der Waals surface area contributed by atoms with Crippen molar-refractivity contribution >= 4 is 17.4 Å². The smallest absolute Gasteiger partial charge is 0.139 e. The van der Waals surface area contributed by atoms with Gasteiger partial charge in [-0.25, -0.2) is 0 Å². The molecule has 0 spiro atoms. The highest BCUT2D eigenvalue weighted by Gasteiger charge is 2.43. The van der Waals surface area contributed by atoms with Crippen molar-refractivity contribution in [3.63, 3.8) is 0 Å². The zero-order chi connectivity index (χ0) is 11.6. The van der Waals surface area contributed by atoms with Gasteiger partial charge in [-0.05, 0) is 12.8 Å². The van der Waals surface area contributed by atoms with Crippen LogP contribution >= 0.6 is 11.6 Å². The van der Waals surface area contributed by atoms with E-state index < -0.39 is 0 Å². The van der Waals surface area contributed by atoms with Crippen molar-refractivity contribution in [2.75, 3.05) is 6.61 Å². The lowest BCUT2D eigenvalue weighted by atomic mass is 10.0. The van der Waals surface area contributed by atoms with Gasteiger partial charge in [0.05, 0.1) is 23.7 Å². The highest BCUT2D eigenvalue weighted by Crippen LogP contribution is 2.48. The molecule has 1 saturated carbocycles. The average molecular weight is 240 g/mol. The van der Waals surface area contributed by atoms with Crippen molar-refractivity contribution in [1.29, 1.82) is 5.41 Å². The number of nitrogens with one attached hydrogen (secondary N) is 1. The monoisotopic (exact) mass is 239 g/mol. The van der Waals surface area contributed by atoms with Gasteiger partial charge in [0.15, 0.2) is 0 Å². The number of hydrogen-bond acceptors (Lipinski definition) is 3. The van der Waals surface area contributed by atoms with Crippen LogP contribution in [0.4, 0.5) is 0 Å². The van der Waals surface area contributed by atoms with Crippen LogP contribution in [0, 0.1) is 10.8 Å². The van der Waals surface area contributed by atoms with E-state index in [0.717, 1.165) is 12.8 Å². The molecule has 0 atom stereocenters. The second kappa shape index (κ2) is 4.29. The molecule has 1 aromatic heterocycles. The molecule has 4 nitrogen and oxygen atoms in total. The Morgan fingerprint density at radius 3 is 2.88 bits per heavy atom. The molecule has 5 heteroatoms. The third-order valence-corrected chi connectivity index (χ3v) is 2.95. The third kappa shape index (κ3) is 2.85. The summed E-state index contributed by atoms with van der Waals surface area (Å²) >= 11 is 5.80. The van der Waals surface area contributed by atoms with Crippen molar-refractivity contribution in [2.45, 2.75) is 19.3 Å². The third-order valence-electron chi connectivity index (χ3n) is 2.75. The minimum absolute atomic E-state index is 0.0775. The predicted octanol–water partition coefficient (Wildman–Crippen LogP) is 2.22. The quantitative estimate of drug-likeness (QED) is 0.611. The van der Waals surface area contributed by atoms with Crippen molar-refractivity contribution < 1.29 is 4.74 Å². The van der Waals surface area contributed by atoms with E-state index in [9.17, 15) is 0 Å². The van der Waals surface area contributed by atoms with E-state index >= 15 is 0 Å². The number of amidine groups is 1. The Bertz CT molecular complexity index is 404. The van der Waals surface area contributed by atoms with Gasteiger partial charge in [0.25, 0.3) is 0 Å². The summed E-state index contributed by atoms with van der Waals surface area (Å²) in [6, 6.07) is 1.73. The van der Waals surface area contributed by atoms with Crippen molar-refractivity contribution in [3.05, 3.63) is 23.5 Å². The molecule has 0 unspecified atom stereocenters. The Balaban J connectivity index is 1.90. The second-order valence-corrected chi connectivity index (χ2v) is 4.77. The first-order valence-corrected chi connectivity index (χ1v) is 5.54. The molecule has 1 aliphatic rings. The van der Waals surface area contributed by atoms with Gasteiger partial charge in [-0.1, -0.05) is 11.6 Å². The fourth-order valence-corrected chi connectivity index (χ4v) is 1.82. The lowest BCUT2D eigenvalue weighted by Crippen LogP contribution is -2.21. The van der Waals surface area contributed by atoms with E-state index in [4.69, 9.17) is 27.5 Å². The summed E-state index contributed by atoms with van der Waals surface area (Å²) in [5.74, 6) is 0.896. The SMILES string of the molecule is N=C(N)CC1(COc2cncc(Cl)c2)CC1. The summed E-state index contributed by atoms with van der Waals surface area (Å²) in [6.45, 7) is 0.578. The first-order chi connectivity index (χ1) is 7.60. The van der Waals surface area contributed by atoms with Gasteiger partial charge in [0.2, 0.25) is 0 Å². The van der Waals surface area contributed by atoms with Crippen LogP contribution in [0.5, 0.6) is 5.75 Å². The maximum Gasteiger partial charge on any atom is 0.139 e. The van der Waals surface area contributed by atoms with Gasteiger partial charge in [0.1, 0.15) is 5.75 Å². The molecule has 0 aromatic carbocycles. The highest BCUT2D eigenvalue weighted by molar-refractivity contribution is 6.30. The summed E-state index contributed by atoms with van der Waals surface area (Å²) in [6.07, 6.45) is 5.95. The van der Waals surface area contributed by atoms with Crippen molar-refractivity contribution in [3.8, 4) is 5.75 Å². The summed E-state index contributed by atoms with van der Waals surface area (Å²) in [7, 11) is 0. The van der Waals surface area contributed by atoms with Crippen LogP contribution in [0.3, 0.4) is 0 Å². The van der Waals surface area contributed by atoms with E-state index in [1.807, 2.05) is 0 Å². The van der Waals surface area contributed by atoms with Gasteiger partial charge in [-0.15, -0.1) is 0 Å². The van der Waals surface area contributed by atoms with E-state index in [0.29, 0.717) is 23.8 Å². The van der Waals surface area contributed by atoms with E-state index in [1.165, 1.54) is 0 Å². The molecule has 1 heterocycles. The van der Waals surface area contributed by atoms with E-state index in [-0.39, 0.29) is 11.3 Å². The number of halogens is 1. The van der Waals surface area contributed by atoms with Crippen LogP contribution in [0.25, 0.3) is 0 Å². The molecule has 1 aliphatic carbocycles. The number of hydrogen-bond donors (Lipinski definition) is 2. The Kier molecular flexibility index (Phi) is 3.01. The minimum Gasteiger partial charge on any atom is -0.491 e. The fraction of sp³-hybridized carbons (Fsp3) is 0.455. The van der Waals surface area contributed by atoms with Crippen LogP contribution < -0.4 is 10.5 Å². The van der Waals surface area contributed by atoms with Gasteiger partial charge < -0.3 is 10.5 Å². The molecule has 1 aromatic rings. The molecule has 1 fully saturated rings. The largest absolute Gasteiger partial charge is 0.491 e. The Labute approximate surface area is 99.3 Å². The summed E-state index contributed by atoms with van der Waals surface area (Å²) in [5, 5.41) is 7.86. The fourth-order valence-electron chi connectivity index (χ4n) is 1.66. The molecule has 0 saturated heterocycles. The normalized spacial score (nSPS) is 16.8. The number of nitrogens with zero attached hydrogens (tertiary/aromatic N) is 1. The number of rotatable bonds is 5. The number of aromatic nitrogens is 1. The van der Waals surface area contributed by atoms with Crippen LogP contribution in [-0.4, -0.2) is 17.4 Å². The zero-order valence-electron chi connectivity index (χ0n) is 8.87. The van der Waals surface area contributed by atoms with Crippen molar-refractivity contribution in [1.82, 2.24) is 4.98 Å². The molecule has 0 amide bonds. The molecule has 2 rings (SSSR count). The summed E-state index contributed by atoms with van der Waals surface area (Å²) < 4.78 is 5.62. The minimum atomic E-state index is 0.0775. The van der Waals surface area contributed by atoms with Crippen LogP contribution in [-0.2, 0) is 0 Å². The van der Waals surface area contributed by atoms with Crippen LogP contribution in [0.15, 0.2) is 18.5 Å². The molecule has 3 N–H and O–H groups in total. The maximum atomic E-state index is 7.30. The molecule has 0 bridgehead atoms. The number of pyridine rings is 1. The average Bonchev–Trinajstić information content (AvgIpc) is 2.95. The molecule has 0 radical (unpaired) electrons. The zero-order valence-corrected chi connectivity index (χ0v) is 9.63. The standard InChI is InChI=1S/C11H14ClN3O/c12-8-3-9(6-15-5-8)16-7-11(1-2-11)4-10(13)14/h3,5-6H,1-2,4,7H2,(H3,13,14). The molecule has 86 valence electrons. The van der Waals surface area contributed by atoms with Gasteiger partial charge in [-0.2, -0.15) is 0 Å². The second-order valence-electron chi connectivity index (χ2n) is 4.33. The first kappa shape index (κ1) is 11.2. The Morgan fingerprint density at radius 1 is 1.56 bits per heavy atom. The lowest BCUT2D eigenvalue weighted by Gasteiger charge is -2.15. The molecular formula is C11H14ClN3O. The van der Waals surface area contributed by atoms with Gasteiger partial charge in [0, 0.05) is 24.1 Å². The number of ether oxygens (including phenoxy) is 1. The molecule has 0 aliphatic heterocycles. The molecule has 16 heavy (non-hydrogen) atoms. The summed E-state index contributed by atoms with van der Waals surface area (Å²) in [5.41, 5.74) is 5.48. The van der Waals surface area contributed by atoms with Crippen LogP contribution in [0.2, 0.25) is 5.02 Å². The topological polar surface area (TPSA) is 72.0 Å². The molecular weight excluding hydrogens is 226 g/mol. The number of nitrogens with two attached hydrogens (primary N) is 1. The predicted molar refractivity (Wildman–Crippen MR) is 62.9 cm³/mol.